The van der Waals surface area contributed by atoms with E-state index in [1.807, 2.05) is 20.8 Å². The highest BCUT2D eigenvalue weighted by molar-refractivity contribution is 9.10. The fourth-order valence-corrected chi connectivity index (χ4v) is 2.30. The van der Waals surface area contributed by atoms with Crippen LogP contribution < -0.4 is 10.1 Å². The molecule has 1 aromatic carbocycles. The first-order chi connectivity index (χ1) is 8.93. The molecule has 1 aromatic rings. The standard InChI is InChI=1S/C13H17BrClNO3/c1-4-18-13-10(14)5-9(15)6-11(13)16-12(17)7-19-8(2)3/h5-6,8H,4,7H2,1-3H3,(H,16,17). The summed E-state index contributed by atoms with van der Waals surface area (Å²) in [4.78, 5) is 11.7. The third-order valence-electron chi connectivity index (χ3n) is 2.12. The minimum Gasteiger partial charge on any atom is -0.491 e. The molecule has 0 saturated carbocycles. The summed E-state index contributed by atoms with van der Waals surface area (Å²) < 4.78 is 11.4. The van der Waals surface area contributed by atoms with E-state index in [2.05, 4.69) is 21.2 Å². The van der Waals surface area contributed by atoms with E-state index in [4.69, 9.17) is 21.1 Å². The molecule has 6 heteroatoms. The van der Waals surface area contributed by atoms with Crippen molar-refractivity contribution in [2.45, 2.75) is 26.9 Å². The van der Waals surface area contributed by atoms with Gasteiger partial charge in [-0.25, -0.2) is 0 Å². The fraction of sp³-hybridized carbons (Fsp3) is 0.462. The van der Waals surface area contributed by atoms with Gasteiger partial charge in [-0.05, 0) is 48.8 Å². The van der Waals surface area contributed by atoms with Crippen molar-refractivity contribution in [3.05, 3.63) is 21.6 Å². The van der Waals surface area contributed by atoms with Gasteiger partial charge in [-0.2, -0.15) is 0 Å². The summed E-state index contributed by atoms with van der Waals surface area (Å²) in [5, 5.41) is 3.24. The lowest BCUT2D eigenvalue weighted by Gasteiger charge is -2.14. The molecule has 1 N–H and O–H groups in total. The monoisotopic (exact) mass is 349 g/mol. The average Bonchev–Trinajstić information content (AvgIpc) is 2.31. The van der Waals surface area contributed by atoms with Crippen molar-refractivity contribution >= 4 is 39.1 Å². The highest BCUT2D eigenvalue weighted by Gasteiger charge is 2.13. The van der Waals surface area contributed by atoms with Gasteiger partial charge in [0.1, 0.15) is 6.61 Å². The predicted molar refractivity (Wildman–Crippen MR) is 80.0 cm³/mol. The Bertz CT molecular complexity index is 452. The van der Waals surface area contributed by atoms with E-state index in [1.165, 1.54) is 0 Å². The van der Waals surface area contributed by atoms with Gasteiger partial charge in [-0.15, -0.1) is 0 Å². The molecule has 0 unspecified atom stereocenters. The highest BCUT2D eigenvalue weighted by Crippen LogP contribution is 2.36. The summed E-state index contributed by atoms with van der Waals surface area (Å²) in [6.45, 7) is 6.09. The maximum atomic E-state index is 11.7. The molecule has 0 fully saturated rings. The normalized spacial score (nSPS) is 10.6. The predicted octanol–water partition coefficient (Wildman–Crippen LogP) is 3.86. The second kappa shape index (κ2) is 7.72. The number of hydrogen-bond donors (Lipinski definition) is 1. The first-order valence-electron chi connectivity index (χ1n) is 5.97. The molecule has 4 nitrogen and oxygen atoms in total. The van der Waals surface area contributed by atoms with Crippen molar-refractivity contribution in [3.8, 4) is 5.75 Å². The molecule has 106 valence electrons. The van der Waals surface area contributed by atoms with Crippen LogP contribution in [0.1, 0.15) is 20.8 Å². The van der Waals surface area contributed by atoms with E-state index >= 15 is 0 Å². The summed E-state index contributed by atoms with van der Waals surface area (Å²) in [5.74, 6) is 0.314. The molecule has 0 aliphatic rings. The molecular formula is C13H17BrClNO3. The number of benzene rings is 1. The second-order valence-electron chi connectivity index (χ2n) is 4.11. The number of hydrogen-bond acceptors (Lipinski definition) is 3. The highest BCUT2D eigenvalue weighted by atomic mass is 79.9. The van der Waals surface area contributed by atoms with Crippen molar-refractivity contribution in [1.29, 1.82) is 0 Å². The van der Waals surface area contributed by atoms with Crippen LogP contribution in [0.15, 0.2) is 16.6 Å². The molecule has 1 amide bonds. The maximum absolute atomic E-state index is 11.7. The van der Waals surface area contributed by atoms with Crippen LogP contribution in [-0.2, 0) is 9.53 Å². The molecule has 0 heterocycles. The Kier molecular flexibility index (Phi) is 6.62. The smallest absolute Gasteiger partial charge is 0.250 e. The van der Waals surface area contributed by atoms with Crippen LogP contribution in [0.2, 0.25) is 5.02 Å². The number of nitrogens with one attached hydrogen (secondary N) is 1. The van der Waals surface area contributed by atoms with E-state index in [0.29, 0.717) is 27.5 Å². The fourth-order valence-electron chi connectivity index (χ4n) is 1.37. The quantitative estimate of drug-likeness (QED) is 0.847. The molecular weight excluding hydrogens is 334 g/mol. The minimum atomic E-state index is -0.246. The van der Waals surface area contributed by atoms with Crippen LogP contribution in [-0.4, -0.2) is 25.2 Å². The first-order valence-corrected chi connectivity index (χ1v) is 7.14. The van der Waals surface area contributed by atoms with Crippen molar-refractivity contribution in [2.75, 3.05) is 18.5 Å². The van der Waals surface area contributed by atoms with Crippen LogP contribution >= 0.6 is 27.5 Å². The van der Waals surface area contributed by atoms with E-state index in [-0.39, 0.29) is 18.6 Å². The number of ether oxygens (including phenoxy) is 2. The van der Waals surface area contributed by atoms with E-state index in [0.717, 1.165) is 0 Å². The van der Waals surface area contributed by atoms with Gasteiger partial charge in [0, 0.05) is 5.02 Å². The molecule has 0 aromatic heterocycles. The van der Waals surface area contributed by atoms with E-state index in [9.17, 15) is 4.79 Å². The van der Waals surface area contributed by atoms with Crippen molar-refractivity contribution in [1.82, 2.24) is 0 Å². The Morgan fingerprint density at radius 3 is 2.74 bits per heavy atom. The largest absolute Gasteiger partial charge is 0.491 e. The number of carbonyl (C=O) groups is 1. The van der Waals surface area contributed by atoms with Crippen LogP contribution in [0.3, 0.4) is 0 Å². The number of anilines is 1. The Morgan fingerprint density at radius 1 is 1.47 bits per heavy atom. The van der Waals surface area contributed by atoms with Gasteiger partial charge in [-0.1, -0.05) is 11.6 Å². The van der Waals surface area contributed by atoms with Gasteiger partial charge in [0.25, 0.3) is 0 Å². The summed E-state index contributed by atoms with van der Waals surface area (Å²) in [6, 6.07) is 3.36. The first kappa shape index (κ1) is 16.3. The summed E-state index contributed by atoms with van der Waals surface area (Å²) in [6.07, 6.45) is 0.00297. The van der Waals surface area contributed by atoms with E-state index < -0.39 is 0 Å². The molecule has 0 aliphatic carbocycles. The van der Waals surface area contributed by atoms with Crippen molar-refractivity contribution < 1.29 is 14.3 Å². The maximum Gasteiger partial charge on any atom is 0.250 e. The van der Waals surface area contributed by atoms with Gasteiger partial charge in [0.15, 0.2) is 5.75 Å². The number of halogens is 2. The number of amides is 1. The summed E-state index contributed by atoms with van der Waals surface area (Å²) in [5.41, 5.74) is 0.526. The molecule has 0 bridgehead atoms. The van der Waals surface area contributed by atoms with Crippen LogP contribution in [0.4, 0.5) is 5.69 Å². The second-order valence-corrected chi connectivity index (χ2v) is 5.40. The van der Waals surface area contributed by atoms with E-state index in [1.54, 1.807) is 12.1 Å². The van der Waals surface area contributed by atoms with Crippen LogP contribution in [0, 0.1) is 0 Å². The molecule has 0 spiro atoms. The van der Waals surface area contributed by atoms with Gasteiger partial charge in [-0.3, -0.25) is 4.79 Å². The zero-order valence-electron chi connectivity index (χ0n) is 11.1. The Morgan fingerprint density at radius 2 is 2.16 bits per heavy atom. The third-order valence-corrected chi connectivity index (χ3v) is 2.93. The lowest BCUT2D eigenvalue weighted by Crippen LogP contribution is -2.21. The van der Waals surface area contributed by atoms with Crippen molar-refractivity contribution in [3.63, 3.8) is 0 Å². The summed E-state index contributed by atoms with van der Waals surface area (Å²) >= 11 is 9.32. The molecule has 19 heavy (non-hydrogen) atoms. The Labute approximate surface area is 126 Å². The lowest BCUT2D eigenvalue weighted by atomic mass is 10.3. The zero-order chi connectivity index (χ0) is 14.4. The molecule has 0 atom stereocenters. The Hall–Kier alpha value is -0.780. The number of carbonyl (C=O) groups excluding carboxylic acids is 1. The summed E-state index contributed by atoms with van der Waals surface area (Å²) in [7, 11) is 0. The van der Waals surface area contributed by atoms with Gasteiger partial charge >= 0.3 is 0 Å². The molecule has 0 aliphatic heterocycles. The SMILES string of the molecule is CCOc1c(Br)cc(Cl)cc1NC(=O)COC(C)C. The topological polar surface area (TPSA) is 47.6 Å². The van der Waals surface area contributed by atoms with Crippen molar-refractivity contribution in [2.24, 2.45) is 0 Å². The van der Waals surface area contributed by atoms with Crippen LogP contribution in [0.25, 0.3) is 0 Å². The Balaban J connectivity index is 2.83. The van der Waals surface area contributed by atoms with Gasteiger partial charge in [0.2, 0.25) is 5.91 Å². The lowest BCUT2D eigenvalue weighted by molar-refractivity contribution is -0.121. The number of rotatable bonds is 6. The average molecular weight is 351 g/mol. The zero-order valence-corrected chi connectivity index (χ0v) is 13.5. The minimum absolute atomic E-state index is 0.00297. The molecule has 0 radical (unpaired) electrons. The third kappa shape index (κ3) is 5.38. The van der Waals surface area contributed by atoms with Gasteiger partial charge < -0.3 is 14.8 Å². The molecule has 0 saturated heterocycles. The molecule has 1 rings (SSSR count). The van der Waals surface area contributed by atoms with Crippen LogP contribution in [0.5, 0.6) is 5.75 Å². The van der Waals surface area contributed by atoms with Gasteiger partial charge in [0.05, 0.1) is 22.9 Å².